The van der Waals surface area contributed by atoms with Gasteiger partial charge < -0.3 is 0 Å². The summed E-state index contributed by atoms with van der Waals surface area (Å²) >= 11 is 13.6. The number of hydrogen-bond donors (Lipinski definition) is 0. The zero-order chi connectivity index (χ0) is 11.6. The molecule has 1 heterocycles. The molecule has 86 valence electrons. The van der Waals surface area contributed by atoms with Crippen molar-refractivity contribution in [2.75, 3.05) is 11.8 Å². The highest BCUT2D eigenvalue weighted by Crippen LogP contribution is 2.30. The second-order valence-corrected chi connectivity index (χ2v) is 5.98. The zero-order valence-electron chi connectivity index (χ0n) is 9.04. The lowest BCUT2D eigenvalue weighted by molar-refractivity contribution is 0.424. The van der Waals surface area contributed by atoms with Gasteiger partial charge in [0, 0.05) is 23.6 Å². The highest BCUT2D eigenvalue weighted by Gasteiger charge is 2.24. The van der Waals surface area contributed by atoms with Crippen molar-refractivity contribution in [1.29, 1.82) is 0 Å². The molecule has 4 heteroatoms. The maximum atomic E-state index is 5.95. The van der Waals surface area contributed by atoms with Crippen LogP contribution in [0.15, 0.2) is 24.3 Å². The van der Waals surface area contributed by atoms with E-state index in [9.17, 15) is 0 Å². The fourth-order valence-electron chi connectivity index (χ4n) is 1.49. The van der Waals surface area contributed by atoms with Crippen LogP contribution >= 0.6 is 34.5 Å². The molecule has 0 saturated heterocycles. The molecule has 0 amide bonds. The molecule has 0 spiro atoms. The van der Waals surface area contributed by atoms with Gasteiger partial charge in [0.15, 0.2) is 0 Å². The molecule has 0 aliphatic rings. The minimum Gasteiger partial charge on any atom is -0.241 e. The maximum absolute atomic E-state index is 5.95. The fraction of sp³-hybridized carbons (Fsp3) is 0.417. The van der Waals surface area contributed by atoms with Gasteiger partial charge in [0.2, 0.25) is 0 Å². The Labute approximate surface area is 109 Å². The maximum Gasteiger partial charge on any atom is 0.0944 e. The lowest BCUT2D eigenvalue weighted by atomic mass is 9.92. The number of nitrogens with zero attached hydrogens (tertiary/aromatic N) is 1. The number of thiazole rings is 1. The average molecular weight is 274 g/mol. The zero-order valence-corrected chi connectivity index (χ0v) is 11.4. The molecular formula is C12H13Cl2NS. The summed E-state index contributed by atoms with van der Waals surface area (Å²) in [5.41, 5.74) is 1.01. The highest BCUT2D eigenvalue weighted by atomic mass is 35.5. The predicted molar refractivity (Wildman–Crippen MR) is 72.9 cm³/mol. The fourth-order valence-corrected chi connectivity index (χ4v) is 3.15. The van der Waals surface area contributed by atoms with E-state index in [1.54, 1.807) is 11.3 Å². The van der Waals surface area contributed by atoms with E-state index in [2.05, 4.69) is 18.0 Å². The van der Waals surface area contributed by atoms with Crippen molar-refractivity contribution >= 4 is 44.8 Å². The van der Waals surface area contributed by atoms with Crippen LogP contribution in [0.25, 0.3) is 10.2 Å². The van der Waals surface area contributed by atoms with Crippen LogP contribution in [0.3, 0.4) is 0 Å². The Kier molecular flexibility index (Phi) is 3.73. The summed E-state index contributed by atoms with van der Waals surface area (Å²) < 4.78 is 1.23. The smallest absolute Gasteiger partial charge is 0.0944 e. The van der Waals surface area contributed by atoms with E-state index in [0.717, 1.165) is 16.9 Å². The second kappa shape index (κ2) is 4.91. The molecule has 0 atom stereocenters. The average Bonchev–Trinajstić information content (AvgIpc) is 2.70. The van der Waals surface area contributed by atoms with Crippen LogP contribution in [-0.4, -0.2) is 16.7 Å². The summed E-state index contributed by atoms with van der Waals surface area (Å²) in [6.45, 7) is 2.10. The SMILES string of the molecule is CC(CCl)(CCl)Cc1nc2ccccc2s1. The molecule has 2 rings (SSSR count). The van der Waals surface area contributed by atoms with Gasteiger partial charge in [-0.15, -0.1) is 34.5 Å². The van der Waals surface area contributed by atoms with Crippen LogP contribution in [0.2, 0.25) is 0 Å². The van der Waals surface area contributed by atoms with Crippen LogP contribution in [0.5, 0.6) is 0 Å². The van der Waals surface area contributed by atoms with Crippen molar-refractivity contribution in [3.63, 3.8) is 0 Å². The summed E-state index contributed by atoms with van der Waals surface area (Å²) in [5.74, 6) is 1.12. The number of para-hydroxylation sites is 1. The highest BCUT2D eigenvalue weighted by molar-refractivity contribution is 7.18. The van der Waals surface area contributed by atoms with Crippen LogP contribution in [0, 0.1) is 5.41 Å². The third-order valence-electron chi connectivity index (χ3n) is 2.56. The predicted octanol–water partition coefficient (Wildman–Crippen LogP) is 4.32. The summed E-state index contributed by atoms with van der Waals surface area (Å²) in [5, 5.41) is 1.12. The van der Waals surface area contributed by atoms with E-state index in [0.29, 0.717) is 11.8 Å². The Bertz CT molecular complexity index is 444. The molecule has 1 nitrogen and oxygen atoms in total. The molecule has 16 heavy (non-hydrogen) atoms. The van der Waals surface area contributed by atoms with Crippen molar-refractivity contribution < 1.29 is 0 Å². The van der Waals surface area contributed by atoms with Gasteiger partial charge in [-0.25, -0.2) is 4.98 Å². The number of benzene rings is 1. The van der Waals surface area contributed by atoms with E-state index in [1.807, 2.05) is 18.2 Å². The van der Waals surface area contributed by atoms with Gasteiger partial charge in [-0.3, -0.25) is 0 Å². The van der Waals surface area contributed by atoms with Crippen molar-refractivity contribution in [2.45, 2.75) is 13.3 Å². The van der Waals surface area contributed by atoms with Crippen molar-refractivity contribution in [2.24, 2.45) is 5.41 Å². The summed E-state index contributed by atoms with van der Waals surface area (Å²) in [7, 11) is 0. The van der Waals surface area contributed by atoms with Crippen molar-refractivity contribution in [3.8, 4) is 0 Å². The molecule has 0 N–H and O–H groups in total. The monoisotopic (exact) mass is 273 g/mol. The van der Waals surface area contributed by atoms with Crippen LogP contribution in [0.4, 0.5) is 0 Å². The summed E-state index contributed by atoms with van der Waals surface area (Å²) in [6.07, 6.45) is 0.847. The van der Waals surface area contributed by atoms with Crippen molar-refractivity contribution in [3.05, 3.63) is 29.3 Å². The Morgan fingerprint density at radius 3 is 2.56 bits per heavy atom. The molecule has 2 aromatic rings. The molecule has 0 saturated carbocycles. The van der Waals surface area contributed by atoms with Crippen LogP contribution in [0.1, 0.15) is 11.9 Å². The largest absolute Gasteiger partial charge is 0.241 e. The summed E-state index contributed by atoms with van der Waals surface area (Å²) in [6, 6.07) is 8.17. The standard InChI is InChI=1S/C12H13Cl2NS/c1-12(7-13,8-14)6-11-15-9-4-2-3-5-10(9)16-11/h2-5H,6-8H2,1H3. The first kappa shape index (κ1) is 12.2. The molecule has 0 unspecified atom stereocenters. The topological polar surface area (TPSA) is 12.9 Å². The third-order valence-corrected chi connectivity index (χ3v) is 4.89. The van der Waals surface area contributed by atoms with E-state index in [4.69, 9.17) is 23.2 Å². The minimum absolute atomic E-state index is 0.0585. The number of hydrogen-bond acceptors (Lipinski definition) is 2. The number of alkyl halides is 2. The number of halogens is 2. The van der Waals surface area contributed by atoms with Crippen LogP contribution in [-0.2, 0) is 6.42 Å². The first-order valence-electron chi connectivity index (χ1n) is 5.13. The van der Waals surface area contributed by atoms with Gasteiger partial charge in [0.25, 0.3) is 0 Å². The van der Waals surface area contributed by atoms with Gasteiger partial charge in [-0.05, 0) is 12.1 Å². The first-order chi connectivity index (χ1) is 7.67. The minimum atomic E-state index is -0.0585. The Balaban J connectivity index is 2.27. The number of aromatic nitrogens is 1. The van der Waals surface area contributed by atoms with Gasteiger partial charge in [-0.1, -0.05) is 19.1 Å². The molecule has 0 aliphatic carbocycles. The molecule has 0 aliphatic heterocycles. The number of fused-ring (bicyclic) bond motifs is 1. The molecular weight excluding hydrogens is 261 g/mol. The lowest BCUT2D eigenvalue weighted by Crippen LogP contribution is -2.23. The van der Waals surface area contributed by atoms with Crippen molar-refractivity contribution in [1.82, 2.24) is 4.98 Å². The lowest BCUT2D eigenvalue weighted by Gasteiger charge is -2.22. The van der Waals surface area contributed by atoms with Crippen LogP contribution < -0.4 is 0 Å². The molecule has 0 bridgehead atoms. The molecule has 1 aromatic carbocycles. The summed E-state index contributed by atoms with van der Waals surface area (Å²) in [4.78, 5) is 4.59. The molecule has 0 radical (unpaired) electrons. The Hall–Kier alpha value is -0.310. The van der Waals surface area contributed by atoms with Gasteiger partial charge in [0.05, 0.1) is 15.2 Å². The Morgan fingerprint density at radius 1 is 1.25 bits per heavy atom. The quantitative estimate of drug-likeness (QED) is 0.756. The normalized spacial score (nSPS) is 12.2. The Morgan fingerprint density at radius 2 is 1.94 bits per heavy atom. The second-order valence-electron chi connectivity index (χ2n) is 4.33. The van der Waals surface area contributed by atoms with E-state index < -0.39 is 0 Å². The van der Waals surface area contributed by atoms with E-state index in [1.165, 1.54) is 4.70 Å². The first-order valence-corrected chi connectivity index (χ1v) is 7.02. The van der Waals surface area contributed by atoms with E-state index in [-0.39, 0.29) is 5.41 Å². The molecule has 0 fully saturated rings. The van der Waals surface area contributed by atoms with E-state index >= 15 is 0 Å². The van der Waals surface area contributed by atoms with Gasteiger partial charge in [-0.2, -0.15) is 0 Å². The van der Waals surface area contributed by atoms with Gasteiger partial charge in [0.1, 0.15) is 0 Å². The molecule has 1 aromatic heterocycles. The third kappa shape index (κ3) is 2.50. The number of rotatable bonds is 4. The van der Waals surface area contributed by atoms with Gasteiger partial charge >= 0.3 is 0 Å².